The number of hydrogen-bond donors (Lipinski definition) is 2. The fraction of sp³-hybridized carbons (Fsp3) is 0.300. The summed E-state index contributed by atoms with van der Waals surface area (Å²) in [7, 11) is -3.42. The SMILES string of the molecule is CS(=O)(=O)Nc1ccc(Oc2cc(C3=CC4(CCOC4)ON3)ccc2OC(F)F)cc1. The molecule has 2 heterocycles. The highest BCUT2D eigenvalue weighted by Crippen LogP contribution is 2.38. The normalized spacial score (nSPS) is 20.6. The fourth-order valence-electron chi connectivity index (χ4n) is 3.26. The van der Waals surface area contributed by atoms with E-state index in [4.69, 9.17) is 14.3 Å². The second-order valence-corrected chi connectivity index (χ2v) is 8.92. The van der Waals surface area contributed by atoms with Gasteiger partial charge >= 0.3 is 6.61 Å². The summed E-state index contributed by atoms with van der Waals surface area (Å²) in [6.45, 7) is -2.01. The first kappa shape index (κ1) is 21.3. The van der Waals surface area contributed by atoms with E-state index in [0.717, 1.165) is 6.26 Å². The molecule has 2 aromatic rings. The van der Waals surface area contributed by atoms with Crippen LogP contribution in [0.5, 0.6) is 17.2 Å². The Morgan fingerprint density at radius 1 is 1.16 bits per heavy atom. The molecular weight excluding hydrogens is 434 g/mol. The Balaban J connectivity index is 1.60. The van der Waals surface area contributed by atoms with Gasteiger partial charge in [-0.1, -0.05) is 0 Å². The number of benzene rings is 2. The van der Waals surface area contributed by atoms with E-state index in [2.05, 4.69) is 14.9 Å². The summed E-state index contributed by atoms with van der Waals surface area (Å²) in [5.41, 5.74) is 3.96. The second kappa shape index (κ2) is 8.33. The van der Waals surface area contributed by atoms with Crippen LogP contribution in [-0.2, 0) is 19.6 Å². The van der Waals surface area contributed by atoms with Crippen molar-refractivity contribution in [3.05, 3.63) is 54.1 Å². The first-order valence-electron chi connectivity index (χ1n) is 9.31. The highest BCUT2D eigenvalue weighted by Gasteiger charge is 2.39. The lowest BCUT2D eigenvalue weighted by atomic mass is 10.0. The van der Waals surface area contributed by atoms with E-state index < -0.39 is 22.2 Å². The number of hydrogen-bond acceptors (Lipinski definition) is 7. The molecule has 0 saturated carbocycles. The third-order valence-electron chi connectivity index (χ3n) is 4.64. The maximum Gasteiger partial charge on any atom is 0.387 e. The van der Waals surface area contributed by atoms with Crippen LogP contribution in [0.4, 0.5) is 14.5 Å². The molecule has 166 valence electrons. The predicted octanol–water partition coefficient (Wildman–Crippen LogP) is 3.49. The van der Waals surface area contributed by atoms with Crippen LogP contribution < -0.4 is 19.7 Å². The quantitative estimate of drug-likeness (QED) is 0.661. The molecule has 31 heavy (non-hydrogen) atoms. The second-order valence-electron chi connectivity index (χ2n) is 7.17. The van der Waals surface area contributed by atoms with E-state index in [-0.39, 0.29) is 11.5 Å². The van der Waals surface area contributed by atoms with Crippen molar-refractivity contribution in [1.29, 1.82) is 0 Å². The highest BCUT2D eigenvalue weighted by molar-refractivity contribution is 7.92. The Kier molecular flexibility index (Phi) is 5.73. The van der Waals surface area contributed by atoms with E-state index in [1.165, 1.54) is 30.3 Å². The summed E-state index contributed by atoms with van der Waals surface area (Å²) in [5.74, 6) is 0.226. The minimum absolute atomic E-state index is 0.0629. The lowest BCUT2D eigenvalue weighted by molar-refractivity contribution is -0.0510. The standard InChI is InChI=1S/C20H20F2N2O6S/c1-31(25,26)24-14-3-5-15(6-4-14)28-18-10-13(2-7-17(18)29-19(21)22)16-11-20(30-23-16)8-9-27-12-20/h2-7,10-11,19,23-24H,8-9,12H2,1H3. The Hall–Kier alpha value is -2.89. The van der Waals surface area contributed by atoms with Gasteiger partial charge in [0.15, 0.2) is 11.5 Å². The minimum Gasteiger partial charge on any atom is -0.453 e. The zero-order valence-electron chi connectivity index (χ0n) is 16.4. The highest BCUT2D eigenvalue weighted by atomic mass is 32.2. The van der Waals surface area contributed by atoms with Crippen LogP contribution in [0.25, 0.3) is 5.70 Å². The van der Waals surface area contributed by atoms with Crippen molar-refractivity contribution in [2.24, 2.45) is 0 Å². The van der Waals surface area contributed by atoms with Gasteiger partial charge in [-0.05, 0) is 48.5 Å². The maximum atomic E-state index is 12.9. The Morgan fingerprint density at radius 2 is 1.94 bits per heavy atom. The van der Waals surface area contributed by atoms with Gasteiger partial charge in [-0.15, -0.1) is 0 Å². The third-order valence-corrected chi connectivity index (χ3v) is 5.25. The van der Waals surface area contributed by atoms with Crippen LogP contribution in [0.3, 0.4) is 0 Å². The number of hydroxylamine groups is 1. The average molecular weight is 454 g/mol. The number of alkyl halides is 2. The van der Waals surface area contributed by atoms with Crippen molar-refractivity contribution in [3.8, 4) is 17.2 Å². The number of nitrogens with one attached hydrogen (secondary N) is 2. The zero-order valence-corrected chi connectivity index (χ0v) is 17.2. The Morgan fingerprint density at radius 3 is 2.58 bits per heavy atom. The molecule has 8 nitrogen and oxygen atoms in total. The molecule has 1 unspecified atom stereocenters. The van der Waals surface area contributed by atoms with Gasteiger partial charge in [0, 0.05) is 24.3 Å². The molecule has 11 heteroatoms. The summed E-state index contributed by atoms with van der Waals surface area (Å²) < 4.78 is 66.4. The topological polar surface area (TPSA) is 95.1 Å². The first-order valence-corrected chi connectivity index (χ1v) is 11.2. The van der Waals surface area contributed by atoms with Crippen LogP contribution in [0.1, 0.15) is 12.0 Å². The van der Waals surface area contributed by atoms with Gasteiger partial charge < -0.3 is 14.2 Å². The number of halogens is 2. The summed E-state index contributed by atoms with van der Waals surface area (Å²) in [6, 6.07) is 10.5. The van der Waals surface area contributed by atoms with Crippen LogP contribution in [0, 0.1) is 0 Å². The molecule has 2 aliphatic rings. The summed E-state index contributed by atoms with van der Waals surface area (Å²) in [4.78, 5) is 5.66. The average Bonchev–Trinajstić information content (AvgIpc) is 3.33. The van der Waals surface area contributed by atoms with E-state index in [1.54, 1.807) is 12.1 Å². The Bertz CT molecular complexity index is 1080. The molecule has 1 fully saturated rings. The molecule has 0 aliphatic carbocycles. The molecule has 1 saturated heterocycles. The van der Waals surface area contributed by atoms with E-state index in [1.807, 2.05) is 6.08 Å². The molecule has 0 bridgehead atoms. The number of sulfonamides is 1. The van der Waals surface area contributed by atoms with Gasteiger partial charge in [-0.3, -0.25) is 15.0 Å². The van der Waals surface area contributed by atoms with E-state index in [9.17, 15) is 17.2 Å². The molecule has 0 amide bonds. The van der Waals surface area contributed by atoms with Crippen LogP contribution in [-0.4, -0.2) is 40.1 Å². The summed E-state index contributed by atoms with van der Waals surface area (Å²) >= 11 is 0. The fourth-order valence-corrected chi connectivity index (χ4v) is 3.82. The molecular formula is C20H20F2N2O6S. The molecule has 0 aromatic heterocycles. The van der Waals surface area contributed by atoms with Gasteiger partial charge in [0.1, 0.15) is 11.4 Å². The largest absolute Gasteiger partial charge is 0.453 e. The maximum absolute atomic E-state index is 12.9. The molecule has 0 radical (unpaired) electrons. The van der Waals surface area contributed by atoms with Gasteiger partial charge in [-0.2, -0.15) is 8.78 Å². The predicted molar refractivity (Wildman–Crippen MR) is 108 cm³/mol. The van der Waals surface area contributed by atoms with Crippen LogP contribution in [0.15, 0.2) is 48.5 Å². The van der Waals surface area contributed by atoms with Gasteiger partial charge in [0.05, 0.1) is 18.6 Å². The smallest absolute Gasteiger partial charge is 0.387 e. The van der Waals surface area contributed by atoms with Gasteiger partial charge in [0.2, 0.25) is 10.0 Å². The third kappa shape index (κ3) is 5.24. The van der Waals surface area contributed by atoms with Gasteiger partial charge in [0.25, 0.3) is 0 Å². The number of anilines is 1. The molecule has 1 spiro atoms. The monoisotopic (exact) mass is 454 g/mol. The first-order chi connectivity index (χ1) is 14.7. The minimum atomic E-state index is -3.42. The lowest BCUT2D eigenvalue weighted by Gasteiger charge is -2.15. The molecule has 1 atom stereocenters. The summed E-state index contributed by atoms with van der Waals surface area (Å²) in [6.07, 6.45) is 3.64. The van der Waals surface area contributed by atoms with Crippen molar-refractivity contribution in [2.75, 3.05) is 24.2 Å². The molecule has 2 N–H and O–H groups in total. The summed E-state index contributed by atoms with van der Waals surface area (Å²) in [5, 5.41) is 0. The van der Waals surface area contributed by atoms with Crippen LogP contribution >= 0.6 is 0 Å². The Labute approximate surface area is 177 Å². The molecule has 2 aliphatic heterocycles. The molecule has 2 aromatic carbocycles. The van der Waals surface area contributed by atoms with Crippen molar-refractivity contribution < 1.29 is 36.2 Å². The van der Waals surface area contributed by atoms with Crippen molar-refractivity contribution in [3.63, 3.8) is 0 Å². The van der Waals surface area contributed by atoms with E-state index in [0.29, 0.717) is 42.3 Å². The van der Waals surface area contributed by atoms with E-state index >= 15 is 0 Å². The van der Waals surface area contributed by atoms with Crippen molar-refractivity contribution in [1.82, 2.24) is 5.48 Å². The number of ether oxygens (including phenoxy) is 3. The van der Waals surface area contributed by atoms with Crippen molar-refractivity contribution in [2.45, 2.75) is 18.6 Å². The van der Waals surface area contributed by atoms with Gasteiger partial charge in [-0.25, -0.2) is 8.42 Å². The lowest BCUT2D eigenvalue weighted by Crippen LogP contribution is -2.29. The van der Waals surface area contributed by atoms with Crippen LogP contribution in [0.2, 0.25) is 0 Å². The number of rotatable bonds is 7. The van der Waals surface area contributed by atoms with Crippen molar-refractivity contribution >= 4 is 21.4 Å². The molecule has 4 rings (SSSR count). The zero-order chi connectivity index (χ0) is 22.1.